The van der Waals surface area contributed by atoms with Crippen molar-refractivity contribution in [2.45, 2.75) is 37.5 Å². The van der Waals surface area contributed by atoms with E-state index < -0.39 is 54.0 Å². The summed E-state index contributed by atoms with van der Waals surface area (Å²) in [4.78, 5) is 25.1. The molecule has 1 aliphatic rings. The van der Waals surface area contributed by atoms with Gasteiger partial charge >= 0.3 is 5.69 Å². The Kier molecular flexibility index (Phi) is 6.29. The Hall–Kier alpha value is -1.67. The maximum Gasteiger partial charge on any atom is 0.333 e. The van der Waals surface area contributed by atoms with Crippen molar-refractivity contribution in [1.29, 1.82) is 0 Å². The molecule has 1 aliphatic heterocycles. The van der Waals surface area contributed by atoms with Crippen LogP contribution in [-0.2, 0) is 17.7 Å². The van der Waals surface area contributed by atoms with Crippen LogP contribution in [-0.4, -0.2) is 49.4 Å². The monoisotopic (exact) mass is 510 g/mol. The van der Waals surface area contributed by atoms with Crippen molar-refractivity contribution < 1.29 is 28.8 Å². The van der Waals surface area contributed by atoms with E-state index in [2.05, 4.69) is 0 Å². The molecule has 1 saturated heterocycles. The Morgan fingerprint density at radius 3 is 2.32 bits per heavy atom. The lowest BCUT2D eigenvalue weighted by molar-refractivity contribution is -0.0557. The van der Waals surface area contributed by atoms with E-state index in [1.165, 1.54) is 6.20 Å². The van der Waals surface area contributed by atoms with Gasteiger partial charge in [-0.3, -0.25) is 13.9 Å². The molecule has 0 radical (unpaired) electrons. The van der Waals surface area contributed by atoms with Crippen LogP contribution in [0.5, 0.6) is 0 Å². The highest BCUT2D eigenvalue weighted by Gasteiger charge is 2.44. The van der Waals surface area contributed by atoms with Gasteiger partial charge in [-0.2, -0.15) is 0 Å². The summed E-state index contributed by atoms with van der Waals surface area (Å²) in [6.07, 6.45) is -4.08. The lowest BCUT2D eigenvalue weighted by atomic mass is 10.1. The third-order valence-corrected chi connectivity index (χ3v) is 5.23. The number of nitrogens with zero attached hydrogens (tertiary/aromatic N) is 2. The zero-order chi connectivity index (χ0) is 20.6. The van der Waals surface area contributed by atoms with Crippen molar-refractivity contribution >= 4 is 22.6 Å². The van der Waals surface area contributed by atoms with Crippen molar-refractivity contribution in [2.24, 2.45) is 0 Å². The van der Waals surface area contributed by atoms with Gasteiger partial charge in [0.15, 0.2) is 6.23 Å². The molecule has 0 bridgehead atoms. The van der Waals surface area contributed by atoms with Gasteiger partial charge in [0.05, 0.1) is 10.2 Å². The Labute approximate surface area is 170 Å². The van der Waals surface area contributed by atoms with Gasteiger partial charge in [0.1, 0.15) is 29.9 Å². The number of aliphatic hydroxyl groups is 3. The molecule has 3 rings (SSSR count). The summed E-state index contributed by atoms with van der Waals surface area (Å²) in [6, 6.07) is 2.93. The first kappa shape index (κ1) is 21.0. The smallest absolute Gasteiger partial charge is 0.333 e. The van der Waals surface area contributed by atoms with Crippen LogP contribution in [0.2, 0.25) is 0 Å². The van der Waals surface area contributed by atoms with E-state index in [9.17, 15) is 33.7 Å². The number of benzene rings is 1. The molecule has 152 valence electrons. The number of halogens is 3. The summed E-state index contributed by atoms with van der Waals surface area (Å²) in [5, 5.41) is 29.2. The summed E-state index contributed by atoms with van der Waals surface area (Å²) in [5.41, 5.74) is -1.16. The van der Waals surface area contributed by atoms with E-state index in [0.717, 1.165) is 27.3 Å². The van der Waals surface area contributed by atoms with E-state index in [4.69, 9.17) is 4.74 Å². The number of hydrogen-bond acceptors (Lipinski definition) is 6. The Morgan fingerprint density at radius 2 is 1.75 bits per heavy atom. The number of aryl methyl sites for hydroxylation is 1. The molecular weight excluding hydrogens is 493 g/mol. The number of ether oxygens (including phenoxy) is 1. The van der Waals surface area contributed by atoms with Crippen LogP contribution in [0.1, 0.15) is 11.8 Å². The maximum atomic E-state index is 13.3. The number of aromatic nitrogens is 2. The molecule has 1 aromatic carbocycles. The normalized spacial score (nSPS) is 24.6. The zero-order valence-corrected chi connectivity index (χ0v) is 16.5. The van der Waals surface area contributed by atoms with Gasteiger partial charge < -0.3 is 20.1 Å². The molecule has 1 fully saturated rings. The first-order valence-electron chi connectivity index (χ1n) is 8.32. The van der Waals surface area contributed by atoms with E-state index in [1.54, 1.807) is 22.6 Å². The van der Waals surface area contributed by atoms with Crippen LogP contribution in [0.25, 0.3) is 0 Å². The van der Waals surface area contributed by atoms with Crippen molar-refractivity contribution in [1.82, 2.24) is 9.13 Å². The molecule has 3 N–H and O–H groups in total. The van der Waals surface area contributed by atoms with Gasteiger partial charge in [0.2, 0.25) is 0 Å². The molecule has 0 amide bonds. The van der Waals surface area contributed by atoms with Gasteiger partial charge in [0, 0.05) is 18.8 Å². The largest absolute Gasteiger partial charge is 0.394 e. The molecule has 0 unspecified atom stereocenters. The average Bonchev–Trinajstić information content (AvgIpc) is 2.92. The second kappa shape index (κ2) is 8.37. The molecule has 0 spiro atoms. The molecule has 2 heterocycles. The molecule has 8 nitrogen and oxygen atoms in total. The van der Waals surface area contributed by atoms with Crippen LogP contribution in [0.3, 0.4) is 0 Å². The van der Waals surface area contributed by atoms with E-state index in [1.807, 2.05) is 0 Å². The molecule has 11 heteroatoms. The predicted molar refractivity (Wildman–Crippen MR) is 101 cm³/mol. The fraction of sp³-hybridized carbons (Fsp3) is 0.412. The van der Waals surface area contributed by atoms with Gasteiger partial charge in [-0.1, -0.05) is 0 Å². The van der Waals surface area contributed by atoms with E-state index in [0.29, 0.717) is 0 Å². The topological polar surface area (TPSA) is 114 Å². The number of hydrogen-bond donors (Lipinski definition) is 3. The van der Waals surface area contributed by atoms with Crippen molar-refractivity contribution in [2.75, 3.05) is 6.61 Å². The zero-order valence-electron chi connectivity index (χ0n) is 14.3. The Bertz CT molecular complexity index is 974. The van der Waals surface area contributed by atoms with Crippen LogP contribution in [0, 0.1) is 15.2 Å². The summed E-state index contributed by atoms with van der Waals surface area (Å²) < 4.78 is 34.0. The first-order chi connectivity index (χ1) is 13.2. The van der Waals surface area contributed by atoms with E-state index in [-0.39, 0.29) is 22.1 Å². The predicted octanol–water partition coefficient (Wildman–Crippen LogP) is -0.253. The van der Waals surface area contributed by atoms with Crippen molar-refractivity contribution in [3.63, 3.8) is 0 Å². The number of aliphatic hydroxyl groups excluding tert-OH is 3. The quantitative estimate of drug-likeness (QED) is 0.479. The minimum absolute atomic E-state index is 0.0138. The minimum atomic E-state index is -1.49. The van der Waals surface area contributed by atoms with Crippen LogP contribution in [0.15, 0.2) is 34.0 Å². The second-order valence-electron chi connectivity index (χ2n) is 6.38. The van der Waals surface area contributed by atoms with Crippen molar-refractivity contribution in [3.8, 4) is 0 Å². The standard InChI is InChI=1S/C17H17F2IN2O6/c18-9-3-8(4-10(19)5-9)1-2-21-15(26)11(20)6-22(17(21)27)16-14(25)13(24)12(7-23)28-16/h3-6,12-14,16,23-25H,1-2,7H2/t12-,13-,14-,16-/m1/s1. The van der Waals surface area contributed by atoms with Crippen molar-refractivity contribution in [3.05, 3.63) is 66.0 Å². The molecule has 2 aromatic rings. The van der Waals surface area contributed by atoms with Gasteiger partial charge in [-0.25, -0.2) is 13.6 Å². The average molecular weight is 510 g/mol. The third-order valence-electron chi connectivity index (χ3n) is 4.49. The SMILES string of the molecule is O=c1c(I)cn([C@@H]2O[C@H](CO)[C@@H](O)[C@H]2O)c(=O)n1CCc1cc(F)cc(F)c1. The van der Waals surface area contributed by atoms with Crippen LogP contribution < -0.4 is 11.2 Å². The molecule has 1 aromatic heterocycles. The highest BCUT2D eigenvalue weighted by molar-refractivity contribution is 14.1. The highest BCUT2D eigenvalue weighted by Crippen LogP contribution is 2.28. The molecule has 0 saturated carbocycles. The third kappa shape index (κ3) is 4.03. The summed E-state index contributed by atoms with van der Waals surface area (Å²) >= 11 is 1.71. The second-order valence-corrected chi connectivity index (χ2v) is 7.54. The molecular formula is C17H17F2IN2O6. The Morgan fingerprint density at radius 1 is 1.11 bits per heavy atom. The fourth-order valence-electron chi connectivity index (χ4n) is 3.07. The fourth-order valence-corrected chi connectivity index (χ4v) is 3.66. The summed E-state index contributed by atoms with van der Waals surface area (Å²) in [6.45, 7) is -0.725. The van der Waals surface area contributed by atoms with Gasteiger partial charge in [-0.05, 0) is 46.7 Å². The lowest BCUT2D eigenvalue weighted by Gasteiger charge is -2.19. The number of rotatable bonds is 5. The van der Waals surface area contributed by atoms with Crippen LogP contribution >= 0.6 is 22.6 Å². The molecule has 28 heavy (non-hydrogen) atoms. The minimum Gasteiger partial charge on any atom is -0.394 e. The van der Waals surface area contributed by atoms with E-state index >= 15 is 0 Å². The lowest BCUT2D eigenvalue weighted by Crippen LogP contribution is -2.44. The van der Waals surface area contributed by atoms with Gasteiger partial charge in [-0.15, -0.1) is 0 Å². The maximum absolute atomic E-state index is 13.3. The van der Waals surface area contributed by atoms with Gasteiger partial charge in [0.25, 0.3) is 5.56 Å². The summed E-state index contributed by atoms with van der Waals surface area (Å²) in [5.74, 6) is -1.54. The molecule has 4 atom stereocenters. The Balaban J connectivity index is 1.94. The highest BCUT2D eigenvalue weighted by atomic mass is 127. The first-order valence-corrected chi connectivity index (χ1v) is 9.39. The summed E-state index contributed by atoms with van der Waals surface area (Å²) in [7, 11) is 0. The van der Waals surface area contributed by atoms with Crippen LogP contribution in [0.4, 0.5) is 8.78 Å². The molecule has 0 aliphatic carbocycles.